The highest BCUT2D eigenvalue weighted by atomic mass is 35.5. The average molecular weight is 422 g/mol. The summed E-state index contributed by atoms with van der Waals surface area (Å²) < 4.78 is 10.6. The van der Waals surface area contributed by atoms with Crippen molar-refractivity contribution in [2.75, 3.05) is 20.3 Å². The molecule has 28 heavy (non-hydrogen) atoms. The minimum Gasteiger partial charge on any atom is -0.478 e. The quantitative estimate of drug-likeness (QED) is 0.523. The number of furan rings is 1. The summed E-state index contributed by atoms with van der Waals surface area (Å²) in [5.74, 6) is -0.615. The summed E-state index contributed by atoms with van der Waals surface area (Å²) in [7, 11) is 1.56. The smallest absolute Gasteiger partial charge is 0.337 e. The lowest BCUT2D eigenvalue weighted by Crippen LogP contribution is -2.29. The highest BCUT2D eigenvalue weighted by molar-refractivity contribution is 8.18. The van der Waals surface area contributed by atoms with Crippen molar-refractivity contribution in [3.05, 3.63) is 51.6 Å². The van der Waals surface area contributed by atoms with Crippen LogP contribution in [0.2, 0.25) is 5.02 Å². The molecule has 2 heterocycles. The summed E-state index contributed by atoms with van der Waals surface area (Å²) >= 11 is 6.85. The predicted octanol–water partition coefficient (Wildman–Crippen LogP) is 4.37. The molecule has 1 aliphatic heterocycles. The second kappa shape index (κ2) is 8.64. The molecule has 1 aliphatic rings. The van der Waals surface area contributed by atoms with Crippen LogP contribution in [0, 0.1) is 0 Å². The Labute approximate surface area is 169 Å². The van der Waals surface area contributed by atoms with Crippen molar-refractivity contribution < 1.29 is 28.6 Å². The van der Waals surface area contributed by atoms with Crippen LogP contribution >= 0.6 is 23.4 Å². The van der Waals surface area contributed by atoms with Crippen molar-refractivity contribution >= 4 is 46.6 Å². The third-order valence-corrected chi connectivity index (χ3v) is 5.21. The van der Waals surface area contributed by atoms with E-state index in [1.807, 2.05) is 0 Å². The number of carboxylic acid groups (broad SMARTS) is 1. The molecular weight excluding hydrogens is 406 g/mol. The van der Waals surface area contributed by atoms with Crippen LogP contribution in [0.5, 0.6) is 0 Å². The molecule has 0 bridgehead atoms. The number of carbonyl (C=O) groups is 3. The van der Waals surface area contributed by atoms with Gasteiger partial charge < -0.3 is 14.3 Å². The monoisotopic (exact) mass is 421 g/mol. The number of imide groups is 1. The predicted molar refractivity (Wildman–Crippen MR) is 105 cm³/mol. The molecule has 1 fully saturated rings. The number of ether oxygens (including phenoxy) is 1. The van der Waals surface area contributed by atoms with Gasteiger partial charge in [-0.1, -0.05) is 17.7 Å². The Morgan fingerprint density at radius 1 is 1.32 bits per heavy atom. The second-order valence-corrected chi connectivity index (χ2v) is 7.28. The van der Waals surface area contributed by atoms with Crippen LogP contribution in [0.4, 0.5) is 4.79 Å². The van der Waals surface area contributed by atoms with Crippen LogP contribution in [0.25, 0.3) is 17.4 Å². The highest BCUT2D eigenvalue weighted by Gasteiger charge is 2.34. The van der Waals surface area contributed by atoms with E-state index in [4.69, 9.17) is 25.9 Å². The third-order valence-electron chi connectivity index (χ3n) is 3.99. The van der Waals surface area contributed by atoms with Gasteiger partial charge in [-0.15, -0.1) is 0 Å². The maximum absolute atomic E-state index is 12.4. The van der Waals surface area contributed by atoms with Gasteiger partial charge in [0, 0.05) is 31.9 Å². The van der Waals surface area contributed by atoms with Crippen molar-refractivity contribution in [1.29, 1.82) is 0 Å². The number of benzene rings is 1. The van der Waals surface area contributed by atoms with Crippen molar-refractivity contribution in [2.45, 2.75) is 6.42 Å². The molecule has 0 saturated carbocycles. The summed E-state index contributed by atoms with van der Waals surface area (Å²) in [4.78, 5) is 36.9. The number of carboxylic acids is 1. The lowest BCUT2D eigenvalue weighted by atomic mass is 10.1. The zero-order valence-corrected chi connectivity index (χ0v) is 16.4. The average Bonchev–Trinajstić information content (AvgIpc) is 3.21. The summed E-state index contributed by atoms with van der Waals surface area (Å²) in [6.45, 7) is 0.763. The maximum atomic E-state index is 12.4. The molecule has 1 aromatic carbocycles. The van der Waals surface area contributed by atoms with E-state index < -0.39 is 5.97 Å². The van der Waals surface area contributed by atoms with Gasteiger partial charge in [-0.2, -0.15) is 0 Å². The topological polar surface area (TPSA) is 97.1 Å². The number of amides is 2. The molecule has 0 atom stereocenters. The zero-order valence-electron chi connectivity index (χ0n) is 14.8. The van der Waals surface area contributed by atoms with Crippen LogP contribution in [-0.2, 0) is 9.53 Å². The fourth-order valence-electron chi connectivity index (χ4n) is 2.62. The molecule has 2 amide bonds. The van der Waals surface area contributed by atoms with Gasteiger partial charge in [0.05, 0.1) is 15.5 Å². The molecule has 1 saturated heterocycles. The largest absolute Gasteiger partial charge is 0.478 e. The Balaban J connectivity index is 1.77. The van der Waals surface area contributed by atoms with E-state index in [2.05, 4.69) is 0 Å². The fourth-order valence-corrected chi connectivity index (χ4v) is 3.72. The van der Waals surface area contributed by atoms with Gasteiger partial charge in [0.15, 0.2) is 0 Å². The van der Waals surface area contributed by atoms with E-state index in [-0.39, 0.29) is 26.6 Å². The zero-order chi connectivity index (χ0) is 20.3. The first kappa shape index (κ1) is 20.2. The highest BCUT2D eigenvalue weighted by Crippen LogP contribution is 2.34. The Bertz CT molecular complexity index is 967. The number of thioether (sulfide) groups is 1. The van der Waals surface area contributed by atoms with E-state index in [0.717, 1.165) is 11.8 Å². The number of nitrogens with zero attached hydrogens (tertiary/aromatic N) is 1. The summed E-state index contributed by atoms with van der Waals surface area (Å²) in [6, 6.07) is 7.82. The van der Waals surface area contributed by atoms with Crippen LogP contribution < -0.4 is 0 Å². The number of aromatic carboxylic acids is 1. The molecule has 0 radical (unpaired) electrons. The van der Waals surface area contributed by atoms with E-state index in [0.29, 0.717) is 36.7 Å². The van der Waals surface area contributed by atoms with Gasteiger partial charge in [0.1, 0.15) is 11.5 Å². The normalized spacial score (nSPS) is 15.6. The molecule has 0 aliphatic carbocycles. The lowest BCUT2D eigenvalue weighted by Gasteiger charge is -2.11. The summed E-state index contributed by atoms with van der Waals surface area (Å²) in [5, 5.41) is 8.81. The first-order valence-electron chi connectivity index (χ1n) is 8.28. The lowest BCUT2D eigenvalue weighted by molar-refractivity contribution is -0.122. The minimum atomic E-state index is -1.11. The van der Waals surface area contributed by atoms with Gasteiger partial charge in [-0.05, 0) is 42.4 Å². The first-order chi connectivity index (χ1) is 13.4. The number of hydrogen-bond donors (Lipinski definition) is 1. The molecule has 7 nitrogen and oxygen atoms in total. The number of carbonyl (C=O) groups excluding carboxylic acids is 2. The van der Waals surface area contributed by atoms with Crippen molar-refractivity contribution in [3.63, 3.8) is 0 Å². The van der Waals surface area contributed by atoms with Gasteiger partial charge in [-0.3, -0.25) is 14.5 Å². The Morgan fingerprint density at radius 2 is 2.11 bits per heavy atom. The fraction of sp³-hybridized carbons (Fsp3) is 0.211. The van der Waals surface area contributed by atoms with Crippen LogP contribution in [0.1, 0.15) is 22.5 Å². The second-order valence-electron chi connectivity index (χ2n) is 5.88. The first-order valence-corrected chi connectivity index (χ1v) is 9.47. The summed E-state index contributed by atoms with van der Waals surface area (Å²) in [5.41, 5.74) is 0.599. The molecule has 0 spiro atoms. The Morgan fingerprint density at radius 3 is 2.79 bits per heavy atom. The number of halogens is 1. The summed E-state index contributed by atoms with van der Waals surface area (Å²) in [6.07, 6.45) is 2.08. The van der Waals surface area contributed by atoms with E-state index in [1.54, 1.807) is 25.3 Å². The van der Waals surface area contributed by atoms with Crippen LogP contribution in [-0.4, -0.2) is 47.4 Å². The van der Waals surface area contributed by atoms with Gasteiger partial charge in [0.2, 0.25) is 0 Å². The molecule has 9 heteroatoms. The molecule has 2 aromatic rings. The SMILES string of the molecule is COCCCN1C(=O)S/C(=C/c2ccc(-c3ccc(C(=O)O)c(Cl)c3)o2)C1=O. The number of rotatable bonds is 7. The van der Waals surface area contributed by atoms with E-state index in [1.165, 1.54) is 23.1 Å². The number of methoxy groups -OCH3 is 1. The van der Waals surface area contributed by atoms with E-state index in [9.17, 15) is 14.4 Å². The van der Waals surface area contributed by atoms with Crippen LogP contribution in [0.15, 0.2) is 39.7 Å². The molecule has 146 valence electrons. The maximum Gasteiger partial charge on any atom is 0.337 e. The Hall–Kier alpha value is -2.55. The third kappa shape index (κ3) is 4.30. The van der Waals surface area contributed by atoms with Gasteiger partial charge in [0.25, 0.3) is 11.1 Å². The molecule has 3 rings (SSSR count). The number of hydrogen-bond acceptors (Lipinski definition) is 6. The van der Waals surface area contributed by atoms with Gasteiger partial charge in [-0.25, -0.2) is 4.79 Å². The van der Waals surface area contributed by atoms with E-state index >= 15 is 0 Å². The van der Waals surface area contributed by atoms with Crippen molar-refractivity contribution in [1.82, 2.24) is 4.90 Å². The van der Waals surface area contributed by atoms with Gasteiger partial charge >= 0.3 is 5.97 Å². The Kier molecular flexibility index (Phi) is 6.23. The standard InChI is InChI=1S/C19H16ClNO6S/c1-26-8-2-7-21-17(22)16(28-19(21)25)10-12-4-6-15(27-12)11-3-5-13(18(23)24)14(20)9-11/h3-6,9-10H,2,7-8H2,1H3,(H,23,24)/b16-10+. The van der Waals surface area contributed by atoms with Crippen molar-refractivity contribution in [3.8, 4) is 11.3 Å². The molecular formula is C19H16ClNO6S. The molecule has 1 N–H and O–H groups in total. The molecule has 1 aromatic heterocycles. The molecule has 0 unspecified atom stereocenters. The minimum absolute atomic E-state index is 0.000608. The van der Waals surface area contributed by atoms with Crippen LogP contribution in [0.3, 0.4) is 0 Å². The van der Waals surface area contributed by atoms with Crippen molar-refractivity contribution in [2.24, 2.45) is 0 Å².